The van der Waals surface area contributed by atoms with Gasteiger partial charge in [-0.05, 0) is 42.5 Å². The molecule has 0 aromatic heterocycles. The number of piperidine rings is 1. The van der Waals surface area contributed by atoms with E-state index in [4.69, 9.17) is 0 Å². The van der Waals surface area contributed by atoms with Crippen molar-refractivity contribution in [1.82, 2.24) is 4.31 Å². The Bertz CT molecular complexity index is 1060. The molecule has 4 rings (SSSR count). The van der Waals surface area contributed by atoms with E-state index in [9.17, 15) is 18.5 Å². The molecule has 0 spiro atoms. The second-order valence-electron chi connectivity index (χ2n) is 8.02. The van der Waals surface area contributed by atoms with Crippen LogP contribution >= 0.6 is 0 Å². The molecule has 2 aromatic carbocycles. The van der Waals surface area contributed by atoms with Crippen molar-refractivity contribution in [2.24, 2.45) is 5.92 Å². The Balaban J connectivity index is 1.68. The molecule has 0 bridgehead atoms. The van der Waals surface area contributed by atoms with Crippen molar-refractivity contribution in [3.8, 4) is 0 Å². The molecule has 0 aliphatic carbocycles. The molecule has 1 fully saturated rings. The van der Waals surface area contributed by atoms with Gasteiger partial charge in [-0.3, -0.25) is 10.1 Å². The summed E-state index contributed by atoms with van der Waals surface area (Å²) in [7, 11) is -3.76. The third-order valence-electron chi connectivity index (χ3n) is 5.82. The van der Waals surface area contributed by atoms with Gasteiger partial charge in [-0.25, -0.2) is 8.42 Å². The van der Waals surface area contributed by atoms with Crippen LogP contribution in [0.5, 0.6) is 0 Å². The Morgan fingerprint density at radius 1 is 1.17 bits per heavy atom. The molecule has 0 saturated carbocycles. The SMILES string of the molecule is C[C@@H]1CCCN(S(=O)(=O)c2ccc(N3CCNc4ccccc4C3)c([N+](=O)[O-])c2)C1. The number of hydrogen-bond donors (Lipinski definition) is 1. The summed E-state index contributed by atoms with van der Waals surface area (Å²) in [6.45, 7) is 4.66. The minimum Gasteiger partial charge on any atom is -0.383 e. The molecule has 1 saturated heterocycles. The minimum atomic E-state index is -3.76. The molecule has 2 aliphatic heterocycles. The summed E-state index contributed by atoms with van der Waals surface area (Å²) in [6.07, 6.45) is 1.80. The van der Waals surface area contributed by atoms with Gasteiger partial charge >= 0.3 is 0 Å². The number of rotatable bonds is 4. The van der Waals surface area contributed by atoms with E-state index in [0.717, 1.165) is 24.1 Å². The maximum Gasteiger partial charge on any atom is 0.293 e. The lowest BCUT2D eigenvalue weighted by Gasteiger charge is -2.30. The van der Waals surface area contributed by atoms with Crippen LogP contribution in [-0.2, 0) is 16.6 Å². The third-order valence-corrected chi connectivity index (χ3v) is 7.68. The molecule has 0 unspecified atom stereocenters. The van der Waals surface area contributed by atoms with Gasteiger partial charge in [0.05, 0.1) is 9.82 Å². The van der Waals surface area contributed by atoms with Gasteiger partial charge in [0.15, 0.2) is 0 Å². The maximum absolute atomic E-state index is 13.1. The molecule has 8 nitrogen and oxygen atoms in total. The second-order valence-corrected chi connectivity index (χ2v) is 9.96. The lowest BCUT2D eigenvalue weighted by molar-refractivity contribution is -0.384. The first-order valence-electron chi connectivity index (χ1n) is 10.2. The fraction of sp³-hybridized carbons (Fsp3) is 0.429. The third kappa shape index (κ3) is 3.99. The van der Waals surface area contributed by atoms with Crippen molar-refractivity contribution in [2.45, 2.75) is 31.2 Å². The zero-order valence-corrected chi connectivity index (χ0v) is 17.8. The van der Waals surface area contributed by atoms with Crippen LogP contribution in [0.3, 0.4) is 0 Å². The predicted octanol–water partition coefficient (Wildman–Crippen LogP) is 3.45. The van der Waals surface area contributed by atoms with Gasteiger partial charge in [-0.1, -0.05) is 25.1 Å². The highest BCUT2D eigenvalue weighted by atomic mass is 32.2. The van der Waals surface area contributed by atoms with E-state index < -0.39 is 14.9 Å². The minimum absolute atomic E-state index is 0.0135. The normalized spacial score (nSPS) is 20.2. The largest absolute Gasteiger partial charge is 0.383 e. The highest BCUT2D eigenvalue weighted by Crippen LogP contribution is 2.35. The van der Waals surface area contributed by atoms with Crippen molar-refractivity contribution in [1.29, 1.82) is 0 Å². The summed E-state index contributed by atoms with van der Waals surface area (Å²) in [5.74, 6) is 0.285. The van der Waals surface area contributed by atoms with Gasteiger partial charge in [0.1, 0.15) is 5.69 Å². The molecular formula is C21H26N4O4S. The number of nitrogens with one attached hydrogen (secondary N) is 1. The first kappa shape index (κ1) is 20.6. The van der Waals surface area contributed by atoms with Gasteiger partial charge < -0.3 is 10.2 Å². The maximum atomic E-state index is 13.1. The Morgan fingerprint density at radius 2 is 1.97 bits per heavy atom. The topological polar surface area (TPSA) is 95.8 Å². The molecule has 0 radical (unpaired) electrons. The standard InChI is InChI=1S/C21H26N4O4S/c1-16-5-4-11-24(14-16)30(28,29)18-8-9-20(21(13-18)25(26)27)23-12-10-22-19-7-3-2-6-17(19)15-23/h2-3,6-9,13,16,22H,4-5,10-12,14-15H2,1H3/t16-/m1/s1. The molecule has 2 aliphatic rings. The Kier molecular flexibility index (Phi) is 5.66. The first-order chi connectivity index (χ1) is 14.4. The van der Waals surface area contributed by atoms with Crippen molar-refractivity contribution in [2.75, 3.05) is 36.4 Å². The molecule has 0 amide bonds. The average molecular weight is 431 g/mol. The molecule has 160 valence electrons. The number of hydrogen-bond acceptors (Lipinski definition) is 6. The van der Waals surface area contributed by atoms with Crippen molar-refractivity contribution in [3.63, 3.8) is 0 Å². The zero-order chi connectivity index (χ0) is 21.3. The van der Waals surface area contributed by atoms with E-state index in [1.807, 2.05) is 36.1 Å². The van der Waals surface area contributed by atoms with Crippen molar-refractivity contribution >= 4 is 27.1 Å². The van der Waals surface area contributed by atoms with E-state index in [0.29, 0.717) is 38.4 Å². The second kappa shape index (κ2) is 8.23. The Morgan fingerprint density at radius 3 is 2.73 bits per heavy atom. The number of anilines is 2. The van der Waals surface area contributed by atoms with Crippen LogP contribution < -0.4 is 10.2 Å². The Hall–Kier alpha value is -2.65. The van der Waals surface area contributed by atoms with Crippen LogP contribution in [0.2, 0.25) is 0 Å². The van der Waals surface area contributed by atoms with Gasteiger partial charge in [-0.2, -0.15) is 4.31 Å². The number of para-hydroxylation sites is 1. The smallest absolute Gasteiger partial charge is 0.293 e. The number of nitrogens with zero attached hydrogens (tertiary/aromatic N) is 3. The molecule has 30 heavy (non-hydrogen) atoms. The van der Waals surface area contributed by atoms with Crippen LogP contribution in [-0.4, -0.2) is 43.8 Å². The summed E-state index contributed by atoms with van der Waals surface area (Å²) >= 11 is 0. The number of sulfonamides is 1. The van der Waals surface area contributed by atoms with Crippen LogP contribution in [0.4, 0.5) is 17.1 Å². The predicted molar refractivity (Wildman–Crippen MR) is 116 cm³/mol. The average Bonchev–Trinajstić information content (AvgIpc) is 2.95. The lowest BCUT2D eigenvalue weighted by atomic mass is 10.0. The summed E-state index contributed by atoms with van der Waals surface area (Å²) in [5, 5.41) is 15.2. The number of fused-ring (bicyclic) bond motifs is 1. The fourth-order valence-electron chi connectivity index (χ4n) is 4.24. The Labute approximate surface area is 176 Å². The van der Waals surface area contributed by atoms with E-state index in [1.165, 1.54) is 16.4 Å². The highest BCUT2D eigenvalue weighted by Gasteiger charge is 2.31. The van der Waals surface area contributed by atoms with Gasteiger partial charge in [0, 0.05) is 44.5 Å². The summed E-state index contributed by atoms with van der Waals surface area (Å²) < 4.78 is 27.6. The summed E-state index contributed by atoms with van der Waals surface area (Å²) in [4.78, 5) is 13.3. The van der Waals surface area contributed by atoms with Gasteiger partial charge in [-0.15, -0.1) is 0 Å². The van der Waals surface area contributed by atoms with Crippen LogP contribution in [0.15, 0.2) is 47.4 Å². The fourth-order valence-corrected chi connectivity index (χ4v) is 5.86. The molecule has 9 heteroatoms. The van der Waals surface area contributed by atoms with E-state index in [1.54, 1.807) is 6.07 Å². The van der Waals surface area contributed by atoms with Gasteiger partial charge in [0.25, 0.3) is 5.69 Å². The van der Waals surface area contributed by atoms with Crippen LogP contribution in [0, 0.1) is 16.0 Å². The van der Waals surface area contributed by atoms with Crippen LogP contribution in [0.1, 0.15) is 25.3 Å². The molecule has 2 heterocycles. The van der Waals surface area contributed by atoms with Crippen molar-refractivity contribution in [3.05, 3.63) is 58.1 Å². The number of nitro benzene ring substituents is 1. The van der Waals surface area contributed by atoms with Crippen molar-refractivity contribution < 1.29 is 13.3 Å². The zero-order valence-electron chi connectivity index (χ0n) is 17.0. The lowest BCUT2D eigenvalue weighted by Crippen LogP contribution is -2.39. The van der Waals surface area contributed by atoms with E-state index >= 15 is 0 Å². The highest BCUT2D eigenvalue weighted by molar-refractivity contribution is 7.89. The molecule has 1 N–H and O–H groups in total. The summed E-state index contributed by atoms with van der Waals surface area (Å²) in [5.41, 5.74) is 2.31. The monoisotopic (exact) mass is 430 g/mol. The number of benzene rings is 2. The molecule has 1 atom stereocenters. The van der Waals surface area contributed by atoms with Crippen LogP contribution in [0.25, 0.3) is 0 Å². The van der Waals surface area contributed by atoms with E-state index in [2.05, 4.69) is 5.32 Å². The first-order valence-corrected chi connectivity index (χ1v) is 11.7. The molecular weight excluding hydrogens is 404 g/mol. The van der Waals surface area contributed by atoms with Gasteiger partial charge in [0.2, 0.25) is 10.0 Å². The molecule has 2 aromatic rings. The number of nitro groups is 1. The summed E-state index contributed by atoms with van der Waals surface area (Å²) in [6, 6.07) is 12.2. The van der Waals surface area contributed by atoms with E-state index in [-0.39, 0.29) is 16.5 Å². The quantitative estimate of drug-likeness (QED) is 0.590.